The topological polar surface area (TPSA) is 42.0 Å². The number of carbonyl (C=O) groups excluding carboxylic acids is 1. The molecule has 0 saturated heterocycles. The Morgan fingerprint density at radius 2 is 1.74 bits per heavy atom. The maximum atomic E-state index is 12.0. The van der Waals surface area contributed by atoms with E-state index >= 15 is 0 Å². The Kier molecular flexibility index (Phi) is 4.52. The molecular formula is C20H28N2O. The molecule has 1 atom stereocenters. The van der Waals surface area contributed by atoms with Crippen LogP contribution >= 0.6 is 0 Å². The number of rotatable bonds is 3. The normalized spacial score (nSPS) is 14.8. The third-order valence-corrected chi connectivity index (χ3v) is 5.45. The summed E-state index contributed by atoms with van der Waals surface area (Å²) in [6.07, 6.45) is 0. The van der Waals surface area contributed by atoms with E-state index in [1.54, 1.807) is 7.05 Å². The summed E-state index contributed by atoms with van der Waals surface area (Å²) < 4.78 is 0. The molecule has 0 saturated carbocycles. The van der Waals surface area contributed by atoms with Crippen molar-refractivity contribution < 1.29 is 4.79 Å². The molecule has 3 nitrogen and oxygen atoms in total. The molecule has 1 N–H and O–H groups in total. The van der Waals surface area contributed by atoms with Crippen LogP contribution in [0.2, 0.25) is 0 Å². The summed E-state index contributed by atoms with van der Waals surface area (Å²) in [5, 5.41) is 3.59. The van der Waals surface area contributed by atoms with Crippen LogP contribution in [-0.4, -0.2) is 17.9 Å². The Bertz CT molecular complexity index is 728. The third-order valence-electron chi connectivity index (χ3n) is 5.45. The van der Waals surface area contributed by atoms with Gasteiger partial charge in [0.2, 0.25) is 0 Å². The molecule has 0 radical (unpaired) electrons. The maximum Gasteiger partial charge on any atom is 0.251 e. The van der Waals surface area contributed by atoms with Crippen LogP contribution in [0.4, 0.5) is 0 Å². The van der Waals surface area contributed by atoms with Gasteiger partial charge in [0.15, 0.2) is 0 Å². The van der Waals surface area contributed by atoms with E-state index in [0.717, 1.165) is 16.6 Å². The van der Waals surface area contributed by atoms with Gasteiger partial charge in [-0.15, -0.1) is 0 Å². The number of pyridine rings is 1. The van der Waals surface area contributed by atoms with Crippen molar-refractivity contribution in [3.63, 3.8) is 0 Å². The van der Waals surface area contributed by atoms with Gasteiger partial charge in [-0.1, -0.05) is 53.7 Å². The maximum absolute atomic E-state index is 12.0. The van der Waals surface area contributed by atoms with Gasteiger partial charge in [-0.25, -0.2) is 0 Å². The lowest BCUT2D eigenvalue weighted by molar-refractivity contribution is 0.0964. The van der Waals surface area contributed by atoms with Gasteiger partial charge in [-0.05, 0) is 29.5 Å². The van der Waals surface area contributed by atoms with Crippen LogP contribution in [-0.2, 0) is 5.41 Å². The zero-order chi connectivity index (χ0) is 17.4. The third kappa shape index (κ3) is 2.85. The highest BCUT2D eigenvalue weighted by Gasteiger charge is 2.42. The molecule has 124 valence electrons. The lowest BCUT2D eigenvalue weighted by atomic mass is 9.60. The van der Waals surface area contributed by atoms with Crippen molar-refractivity contribution in [1.82, 2.24) is 10.3 Å². The first-order valence-electron chi connectivity index (χ1n) is 8.25. The number of fused-ring (bicyclic) bond motifs is 1. The first-order valence-corrected chi connectivity index (χ1v) is 8.25. The highest BCUT2D eigenvalue weighted by Crippen LogP contribution is 2.46. The second-order valence-electron chi connectivity index (χ2n) is 7.75. The zero-order valence-electron chi connectivity index (χ0n) is 15.3. The minimum atomic E-state index is -0.0763. The van der Waals surface area contributed by atoms with Gasteiger partial charge in [0.05, 0.1) is 5.52 Å². The van der Waals surface area contributed by atoms with Gasteiger partial charge in [-0.2, -0.15) is 0 Å². The van der Waals surface area contributed by atoms with E-state index in [1.165, 1.54) is 0 Å². The molecule has 1 aromatic heterocycles. The van der Waals surface area contributed by atoms with Gasteiger partial charge >= 0.3 is 0 Å². The number of benzene rings is 1. The molecule has 0 spiro atoms. The molecule has 1 amide bonds. The fourth-order valence-electron chi connectivity index (χ4n) is 3.32. The number of aromatic nitrogens is 1. The minimum absolute atomic E-state index is 0.0514. The van der Waals surface area contributed by atoms with Crippen LogP contribution in [0, 0.1) is 11.3 Å². The minimum Gasteiger partial charge on any atom is -0.355 e. The van der Waals surface area contributed by atoms with Crippen LogP contribution in [0.15, 0.2) is 30.3 Å². The fourth-order valence-corrected chi connectivity index (χ4v) is 3.32. The number of hydrogen-bond donors (Lipinski definition) is 1. The summed E-state index contributed by atoms with van der Waals surface area (Å²) in [5.41, 5.74) is 2.66. The highest BCUT2D eigenvalue weighted by atomic mass is 16.1. The van der Waals surface area contributed by atoms with Crippen molar-refractivity contribution in [2.45, 2.75) is 47.0 Å². The van der Waals surface area contributed by atoms with Crippen LogP contribution < -0.4 is 5.32 Å². The van der Waals surface area contributed by atoms with Crippen molar-refractivity contribution in [2.24, 2.45) is 11.3 Å². The van der Waals surface area contributed by atoms with E-state index in [-0.39, 0.29) is 16.7 Å². The average molecular weight is 312 g/mol. The number of hydrogen-bond acceptors (Lipinski definition) is 2. The summed E-state index contributed by atoms with van der Waals surface area (Å²) >= 11 is 0. The largest absolute Gasteiger partial charge is 0.355 e. The molecule has 2 rings (SSSR count). The summed E-state index contributed by atoms with van der Waals surface area (Å²) in [7, 11) is 1.65. The molecule has 0 aliphatic rings. The fraction of sp³-hybridized carbons (Fsp3) is 0.500. The first-order chi connectivity index (χ1) is 10.6. The number of nitrogens with zero attached hydrogens (tertiary/aromatic N) is 1. The van der Waals surface area contributed by atoms with Crippen molar-refractivity contribution in [1.29, 1.82) is 0 Å². The quantitative estimate of drug-likeness (QED) is 0.903. The Morgan fingerprint density at radius 3 is 2.26 bits per heavy atom. The molecular weight excluding hydrogens is 284 g/mol. The van der Waals surface area contributed by atoms with E-state index in [4.69, 9.17) is 4.98 Å². The average Bonchev–Trinajstić information content (AvgIpc) is 2.50. The van der Waals surface area contributed by atoms with Crippen LogP contribution in [0.25, 0.3) is 10.9 Å². The van der Waals surface area contributed by atoms with E-state index in [2.05, 4.69) is 52.9 Å². The molecule has 0 fully saturated rings. The van der Waals surface area contributed by atoms with Gasteiger partial charge in [0.25, 0.3) is 5.91 Å². The Balaban J connectivity index is 2.68. The summed E-state index contributed by atoms with van der Waals surface area (Å²) in [6, 6.07) is 9.84. The Morgan fingerprint density at radius 1 is 1.09 bits per heavy atom. The summed E-state index contributed by atoms with van der Waals surface area (Å²) in [4.78, 5) is 17.0. The van der Waals surface area contributed by atoms with Crippen LogP contribution in [0.1, 0.15) is 57.6 Å². The molecule has 0 aliphatic heterocycles. The number of carbonyl (C=O) groups is 1. The van der Waals surface area contributed by atoms with Crippen molar-refractivity contribution in [3.05, 3.63) is 41.6 Å². The van der Waals surface area contributed by atoms with Crippen molar-refractivity contribution in [2.75, 3.05) is 7.05 Å². The molecule has 1 heterocycles. The Labute approximate surface area is 139 Å². The molecule has 3 heteroatoms. The standard InChI is InChI=1S/C20H28N2O/c1-13(2)20(6,19(3,4)5)17-12-11-14-15(18(23)21-7)9-8-10-16(14)22-17/h8-13H,1-7H3,(H,21,23)/t20-/m1/s1. The summed E-state index contributed by atoms with van der Waals surface area (Å²) in [5.74, 6) is 0.377. The molecule has 0 bridgehead atoms. The SMILES string of the molecule is CNC(=O)c1cccc2nc([C@@](C)(C(C)C)C(C)(C)C)ccc12. The smallest absolute Gasteiger partial charge is 0.251 e. The number of nitrogens with one attached hydrogen (secondary N) is 1. The molecule has 23 heavy (non-hydrogen) atoms. The van der Waals surface area contributed by atoms with Gasteiger partial charge in [0, 0.05) is 29.1 Å². The molecule has 2 aromatic rings. The zero-order valence-corrected chi connectivity index (χ0v) is 15.3. The van der Waals surface area contributed by atoms with Gasteiger partial charge in [-0.3, -0.25) is 9.78 Å². The Hall–Kier alpha value is -1.90. The molecule has 1 aromatic carbocycles. The van der Waals surface area contributed by atoms with E-state index in [9.17, 15) is 4.79 Å². The first kappa shape index (κ1) is 17.5. The van der Waals surface area contributed by atoms with E-state index in [1.807, 2.05) is 24.3 Å². The predicted molar refractivity (Wildman–Crippen MR) is 96.8 cm³/mol. The summed E-state index contributed by atoms with van der Waals surface area (Å²) in [6.45, 7) is 13.6. The van der Waals surface area contributed by atoms with Crippen molar-refractivity contribution in [3.8, 4) is 0 Å². The van der Waals surface area contributed by atoms with Crippen LogP contribution in [0.5, 0.6) is 0 Å². The van der Waals surface area contributed by atoms with Crippen molar-refractivity contribution >= 4 is 16.8 Å². The predicted octanol–water partition coefficient (Wildman–Crippen LogP) is 4.55. The van der Waals surface area contributed by atoms with Gasteiger partial charge in [0.1, 0.15) is 0 Å². The lowest BCUT2D eigenvalue weighted by Gasteiger charge is -2.45. The van der Waals surface area contributed by atoms with E-state index in [0.29, 0.717) is 11.5 Å². The van der Waals surface area contributed by atoms with Gasteiger partial charge < -0.3 is 5.32 Å². The lowest BCUT2D eigenvalue weighted by Crippen LogP contribution is -2.42. The van der Waals surface area contributed by atoms with E-state index < -0.39 is 0 Å². The molecule has 0 unspecified atom stereocenters. The van der Waals surface area contributed by atoms with Crippen LogP contribution in [0.3, 0.4) is 0 Å². The second-order valence-corrected chi connectivity index (χ2v) is 7.75. The second kappa shape index (κ2) is 5.95. The highest BCUT2D eigenvalue weighted by molar-refractivity contribution is 6.06. The molecule has 0 aliphatic carbocycles. The number of amides is 1. The monoisotopic (exact) mass is 312 g/mol.